The van der Waals surface area contributed by atoms with E-state index in [0.717, 1.165) is 42.8 Å². The Morgan fingerprint density at radius 2 is 1.96 bits per heavy atom. The molecule has 0 saturated carbocycles. The number of hydrogen-bond donors (Lipinski definition) is 2. The van der Waals surface area contributed by atoms with Crippen molar-refractivity contribution >= 4 is 0 Å². The highest BCUT2D eigenvalue weighted by Gasteiger charge is 2.35. The van der Waals surface area contributed by atoms with Gasteiger partial charge in [-0.1, -0.05) is 12.1 Å². The molecule has 0 bridgehead atoms. The molecule has 0 radical (unpaired) electrons. The second kappa shape index (κ2) is 5.60. The van der Waals surface area contributed by atoms with Gasteiger partial charge in [-0.25, -0.2) is 0 Å². The molecule has 23 heavy (non-hydrogen) atoms. The fraction of sp³-hybridized carbons (Fsp3) is 0.316. The summed E-state index contributed by atoms with van der Waals surface area (Å²) in [6, 6.07) is 13.3. The second-order valence-corrected chi connectivity index (χ2v) is 6.23. The van der Waals surface area contributed by atoms with Gasteiger partial charge in [0.1, 0.15) is 5.75 Å². The molecule has 0 aromatic heterocycles. The van der Waals surface area contributed by atoms with Crippen molar-refractivity contribution in [2.45, 2.75) is 18.8 Å². The van der Waals surface area contributed by atoms with Crippen LogP contribution in [0.15, 0.2) is 36.4 Å². The minimum absolute atomic E-state index is 0.163. The minimum Gasteiger partial charge on any atom is -0.504 e. The van der Waals surface area contributed by atoms with E-state index in [9.17, 15) is 10.4 Å². The van der Waals surface area contributed by atoms with E-state index in [1.807, 2.05) is 24.3 Å². The van der Waals surface area contributed by atoms with Crippen LogP contribution >= 0.6 is 0 Å². The van der Waals surface area contributed by atoms with Crippen molar-refractivity contribution in [1.82, 2.24) is 5.32 Å². The van der Waals surface area contributed by atoms with Crippen molar-refractivity contribution in [2.75, 3.05) is 13.1 Å². The summed E-state index contributed by atoms with van der Waals surface area (Å²) in [5, 5.41) is 22.8. The number of piperidine rings is 1. The van der Waals surface area contributed by atoms with Gasteiger partial charge in [0, 0.05) is 17.0 Å². The molecular weight excluding hydrogens is 288 g/mol. The van der Waals surface area contributed by atoms with Crippen LogP contribution in [0.3, 0.4) is 0 Å². The number of benzene rings is 2. The topological polar surface area (TPSA) is 65.3 Å². The Labute approximate surface area is 135 Å². The summed E-state index contributed by atoms with van der Waals surface area (Å²) in [4.78, 5) is 0. The molecule has 1 fully saturated rings. The van der Waals surface area contributed by atoms with Crippen LogP contribution in [0.4, 0.5) is 0 Å². The highest BCUT2D eigenvalue weighted by molar-refractivity contribution is 5.60. The number of fused-ring (bicyclic) bond motifs is 2. The quantitative estimate of drug-likeness (QED) is 0.846. The monoisotopic (exact) mass is 306 g/mol. The highest BCUT2D eigenvalue weighted by Crippen LogP contribution is 2.52. The van der Waals surface area contributed by atoms with E-state index in [1.54, 1.807) is 12.1 Å². The zero-order valence-corrected chi connectivity index (χ0v) is 12.7. The maximum absolute atomic E-state index is 10.2. The molecule has 1 atom stereocenters. The molecule has 0 amide bonds. The first-order chi connectivity index (χ1) is 11.3. The van der Waals surface area contributed by atoms with Gasteiger partial charge in [0.25, 0.3) is 0 Å². The van der Waals surface area contributed by atoms with Crippen molar-refractivity contribution in [1.29, 1.82) is 5.26 Å². The van der Waals surface area contributed by atoms with Gasteiger partial charge in [-0.2, -0.15) is 5.26 Å². The minimum atomic E-state index is 0.163. The smallest absolute Gasteiger partial charge is 0.172 e. The van der Waals surface area contributed by atoms with Crippen molar-refractivity contribution in [3.63, 3.8) is 0 Å². The molecule has 1 saturated heterocycles. The Kier molecular flexibility index (Phi) is 3.44. The average Bonchev–Trinajstić information content (AvgIpc) is 2.60. The lowest BCUT2D eigenvalue weighted by atomic mass is 9.74. The lowest BCUT2D eigenvalue weighted by Crippen LogP contribution is -2.32. The lowest BCUT2D eigenvalue weighted by molar-refractivity contribution is 0.315. The molecule has 2 N–H and O–H groups in total. The van der Waals surface area contributed by atoms with E-state index in [2.05, 4.69) is 11.4 Å². The van der Waals surface area contributed by atoms with Gasteiger partial charge in [0.15, 0.2) is 11.5 Å². The Morgan fingerprint density at radius 3 is 2.74 bits per heavy atom. The molecule has 4 nitrogen and oxygen atoms in total. The number of nitriles is 1. The SMILES string of the molecule is N#Cc1ccc2c(c1)C(C1CCNCC1)c1cccc(O)c1O2. The van der Waals surface area contributed by atoms with Gasteiger partial charge in [0.2, 0.25) is 0 Å². The number of phenolic OH excluding ortho intramolecular Hbond substituents is 1. The molecule has 2 aromatic rings. The molecule has 4 heteroatoms. The van der Waals surface area contributed by atoms with E-state index in [4.69, 9.17) is 4.74 Å². The molecule has 2 aromatic carbocycles. The van der Waals surface area contributed by atoms with Gasteiger partial charge >= 0.3 is 0 Å². The largest absolute Gasteiger partial charge is 0.504 e. The van der Waals surface area contributed by atoms with Crippen molar-refractivity contribution in [3.8, 4) is 23.3 Å². The van der Waals surface area contributed by atoms with Gasteiger partial charge in [-0.3, -0.25) is 0 Å². The number of nitrogens with zero attached hydrogens (tertiary/aromatic N) is 1. The van der Waals surface area contributed by atoms with Gasteiger partial charge in [-0.15, -0.1) is 0 Å². The van der Waals surface area contributed by atoms with Crippen molar-refractivity contribution in [3.05, 3.63) is 53.1 Å². The van der Waals surface area contributed by atoms with Crippen LogP contribution in [0.25, 0.3) is 0 Å². The van der Waals surface area contributed by atoms with Crippen molar-refractivity contribution in [2.24, 2.45) is 5.92 Å². The number of ether oxygens (including phenoxy) is 1. The first-order valence-electron chi connectivity index (χ1n) is 8.02. The third-order valence-electron chi connectivity index (χ3n) is 4.90. The summed E-state index contributed by atoms with van der Waals surface area (Å²) in [5.41, 5.74) is 2.74. The Hall–Kier alpha value is -2.51. The predicted molar refractivity (Wildman–Crippen MR) is 86.8 cm³/mol. The van der Waals surface area contributed by atoms with Crippen LogP contribution in [-0.4, -0.2) is 18.2 Å². The maximum atomic E-state index is 10.2. The van der Waals surface area contributed by atoms with Crippen LogP contribution in [0.2, 0.25) is 0 Å². The molecule has 1 unspecified atom stereocenters. The van der Waals surface area contributed by atoms with Crippen LogP contribution in [-0.2, 0) is 0 Å². The second-order valence-electron chi connectivity index (χ2n) is 6.23. The summed E-state index contributed by atoms with van der Waals surface area (Å²) in [6.07, 6.45) is 2.16. The van der Waals surface area contributed by atoms with E-state index in [0.29, 0.717) is 17.2 Å². The molecular formula is C19H18N2O2. The Morgan fingerprint density at radius 1 is 1.13 bits per heavy atom. The summed E-state index contributed by atoms with van der Waals surface area (Å²) < 4.78 is 5.95. The zero-order valence-electron chi connectivity index (χ0n) is 12.7. The third-order valence-corrected chi connectivity index (χ3v) is 4.90. The summed E-state index contributed by atoms with van der Waals surface area (Å²) in [5.74, 6) is 2.14. The number of nitrogens with one attached hydrogen (secondary N) is 1. The van der Waals surface area contributed by atoms with E-state index in [1.165, 1.54) is 0 Å². The van der Waals surface area contributed by atoms with E-state index < -0.39 is 0 Å². The predicted octanol–water partition coefficient (Wildman–Crippen LogP) is 3.50. The lowest BCUT2D eigenvalue weighted by Gasteiger charge is -2.36. The Bertz CT molecular complexity index is 788. The first kappa shape index (κ1) is 14.1. The van der Waals surface area contributed by atoms with Crippen LogP contribution in [0, 0.1) is 17.2 Å². The standard InChI is InChI=1S/C19H18N2O2/c20-11-12-4-5-17-15(10-12)18(13-6-8-21-9-7-13)14-2-1-3-16(22)19(14)23-17/h1-5,10,13,18,21-22H,6-9H2. The molecule has 0 spiro atoms. The third kappa shape index (κ3) is 2.34. The van der Waals surface area contributed by atoms with Gasteiger partial charge in [0.05, 0.1) is 11.6 Å². The van der Waals surface area contributed by atoms with Gasteiger partial charge < -0.3 is 15.2 Å². The van der Waals surface area contributed by atoms with Gasteiger partial charge in [-0.05, 0) is 56.1 Å². The summed E-state index contributed by atoms with van der Waals surface area (Å²) in [7, 11) is 0. The molecule has 2 heterocycles. The van der Waals surface area contributed by atoms with E-state index in [-0.39, 0.29) is 11.7 Å². The number of phenols is 1. The average molecular weight is 306 g/mol. The molecule has 2 aliphatic heterocycles. The number of hydrogen-bond acceptors (Lipinski definition) is 4. The van der Waals surface area contributed by atoms with E-state index >= 15 is 0 Å². The zero-order chi connectivity index (χ0) is 15.8. The number of rotatable bonds is 1. The summed E-state index contributed by atoms with van der Waals surface area (Å²) >= 11 is 0. The van der Waals surface area contributed by atoms with Crippen LogP contribution in [0.5, 0.6) is 17.2 Å². The maximum Gasteiger partial charge on any atom is 0.172 e. The highest BCUT2D eigenvalue weighted by atomic mass is 16.5. The number of para-hydroxylation sites is 1. The molecule has 0 aliphatic carbocycles. The summed E-state index contributed by atoms with van der Waals surface area (Å²) in [6.45, 7) is 2.01. The first-order valence-corrected chi connectivity index (χ1v) is 8.02. The number of aromatic hydroxyl groups is 1. The molecule has 2 aliphatic rings. The Balaban J connectivity index is 1.88. The molecule has 116 valence electrons. The normalized spacial score (nSPS) is 20.0. The van der Waals surface area contributed by atoms with Crippen molar-refractivity contribution < 1.29 is 9.84 Å². The van der Waals surface area contributed by atoms with Crippen LogP contribution < -0.4 is 10.1 Å². The fourth-order valence-electron chi connectivity index (χ4n) is 3.82. The fourth-order valence-corrected chi connectivity index (χ4v) is 3.82. The van der Waals surface area contributed by atoms with Crippen LogP contribution in [0.1, 0.15) is 35.4 Å². The molecule has 4 rings (SSSR count).